The molecule has 0 aliphatic heterocycles. The number of benzene rings is 1. The maximum Gasteiger partial charge on any atom is 0.286 e. The van der Waals surface area contributed by atoms with E-state index >= 15 is 0 Å². The highest BCUT2D eigenvalue weighted by Gasteiger charge is 2.11. The van der Waals surface area contributed by atoms with Gasteiger partial charge in [0.1, 0.15) is 5.69 Å². The summed E-state index contributed by atoms with van der Waals surface area (Å²) in [7, 11) is 0. The van der Waals surface area contributed by atoms with E-state index < -0.39 is 11.8 Å². The van der Waals surface area contributed by atoms with Crippen LogP contribution in [-0.2, 0) is 4.79 Å². The molecule has 0 aliphatic rings. The quantitative estimate of drug-likeness (QED) is 0.593. The third-order valence-corrected chi connectivity index (χ3v) is 3.56. The molecule has 0 spiro atoms. The van der Waals surface area contributed by atoms with Gasteiger partial charge in [-0.05, 0) is 48.0 Å². The summed E-state index contributed by atoms with van der Waals surface area (Å²) in [5.74, 6) is -1.38. The molecule has 126 valence electrons. The molecule has 7 nitrogen and oxygen atoms in total. The maximum atomic E-state index is 12.0. The molecule has 2 aromatic rings. The molecule has 1 aromatic carbocycles. The van der Waals surface area contributed by atoms with Crippen LogP contribution in [0.4, 0.5) is 0 Å². The van der Waals surface area contributed by atoms with E-state index in [1.54, 1.807) is 24.4 Å². The number of hydrogen-bond donors (Lipinski definition) is 4. The number of halogens is 1. The van der Waals surface area contributed by atoms with E-state index in [0.717, 1.165) is 15.6 Å². The number of hydrazine groups is 1. The predicted octanol–water partition coefficient (Wildman–Crippen LogP) is 1.59. The van der Waals surface area contributed by atoms with Gasteiger partial charge in [-0.15, -0.1) is 0 Å². The van der Waals surface area contributed by atoms with Crippen molar-refractivity contribution in [1.82, 2.24) is 21.2 Å². The lowest BCUT2D eigenvalue weighted by atomic mass is 10.1. The van der Waals surface area contributed by atoms with Crippen LogP contribution in [0.3, 0.4) is 0 Å². The monoisotopic (exact) mass is 392 g/mol. The number of aromatic nitrogens is 1. The topological polar surface area (TPSA) is 103 Å². The normalized spacial score (nSPS) is 10.1. The number of carbonyl (C=O) groups is 3. The standard InChI is InChI=1S/C16H17BrN4O3/c1-9-3-10(2)5-11(4-9)15(23)19-8-14(22)20-21-16(24)13-6-12(17)7-18-13/h3-7,18H,8H2,1-2H3,(H,19,23)(H,20,22)(H,21,24). The first kappa shape index (κ1) is 17.7. The zero-order valence-electron chi connectivity index (χ0n) is 13.2. The zero-order valence-corrected chi connectivity index (χ0v) is 14.8. The molecule has 0 atom stereocenters. The van der Waals surface area contributed by atoms with Crippen molar-refractivity contribution in [3.63, 3.8) is 0 Å². The Bertz CT molecular complexity index is 765. The Morgan fingerprint density at radius 2 is 1.67 bits per heavy atom. The van der Waals surface area contributed by atoms with Crippen molar-refractivity contribution in [1.29, 1.82) is 0 Å². The van der Waals surface area contributed by atoms with Crippen molar-refractivity contribution in [3.8, 4) is 0 Å². The average Bonchev–Trinajstić information content (AvgIpc) is 2.95. The van der Waals surface area contributed by atoms with Crippen LogP contribution in [-0.4, -0.2) is 29.3 Å². The maximum absolute atomic E-state index is 12.0. The first-order valence-electron chi connectivity index (χ1n) is 7.15. The Kier molecular flexibility index (Phi) is 5.75. The number of carbonyl (C=O) groups excluding carboxylic acids is 3. The van der Waals surface area contributed by atoms with Gasteiger partial charge in [-0.1, -0.05) is 17.2 Å². The molecular weight excluding hydrogens is 376 g/mol. The summed E-state index contributed by atoms with van der Waals surface area (Å²) in [6, 6.07) is 7.01. The van der Waals surface area contributed by atoms with Crippen molar-refractivity contribution in [2.45, 2.75) is 13.8 Å². The summed E-state index contributed by atoms with van der Waals surface area (Å²) in [6.07, 6.45) is 1.60. The third-order valence-electron chi connectivity index (χ3n) is 3.10. The van der Waals surface area contributed by atoms with E-state index in [2.05, 4.69) is 37.1 Å². The van der Waals surface area contributed by atoms with E-state index in [4.69, 9.17) is 0 Å². The largest absolute Gasteiger partial charge is 0.356 e. The number of hydrogen-bond acceptors (Lipinski definition) is 3. The average molecular weight is 393 g/mol. The molecule has 8 heteroatoms. The molecule has 3 amide bonds. The molecule has 0 radical (unpaired) electrons. The van der Waals surface area contributed by atoms with Crippen LogP contribution in [0.25, 0.3) is 0 Å². The van der Waals surface area contributed by atoms with Crippen LogP contribution >= 0.6 is 15.9 Å². The Morgan fingerprint density at radius 1 is 1.00 bits per heavy atom. The minimum absolute atomic E-state index is 0.249. The van der Waals surface area contributed by atoms with Crippen LogP contribution in [0.5, 0.6) is 0 Å². The number of aromatic amines is 1. The van der Waals surface area contributed by atoms with Gasteiger partial charge < -0.3 is 10.3 Å². The summed E-state index contributed by atoms with van der Waals surface area (Å²) in [5, 5.41) is 2.50. The summed E-state index contributed by atoms with van der Waals surface area (Å²) in [6.45, 7) is 3.54. The smallest absolute Gasteiger partial charge is 0.286 e. The molecule has 4 N–H and O–H groups in total. The van der Waals surface area contributed by atoms with E-state index in [-0.39, 0.29) is 12.5 Å². The third kappa shape index (κ3) is 4.95. The fraction of sp³-hybridized carbons (Fsp3) is 0.188. The highest BCUT2D eigenvalue weighted by Crippen LogP contribution is 2.10. The fourth-order valence-electron chi connectivity index (χ4n) is 2.11. The molecule has 0 saturated heterocycles. The van der Waals surface area contributed by atoms with Crippen LogP contribution in [0.15, 0.2) is 34.9 Å². The Morgan fingerprint density at radius 3 is 2.25 bits per heavy atom. The van der Waals surface area contributed by atoms with Crippen molar-refractivity contribution in [2.24, 2.45) is 0 Å². The summed E-state index contributed by atoms with van der Waals surface area (Å²) < 4.78 is 0.722. The van der Waals surface area contributed by atoms with Crippen LogP contribution in [0.2, 0.25) is 0 Å². The molecule has 1 heterocycles. The second kappa shape index (κ2) is 7.78. The number of rotatable bonds is 4. The van der Waals surface area contributed by atoms with Gasteiger partial charge >= 0.3 is 0 Å². The summed E-state index contributed by atoms with van der Waals surface area (Å²) >= 11 is 3.21. The van der Waals surface area contributed by atoms with E-state index in [1.807, 2.05) is 19.9 Å². The van der Waals surface area contributed by atoms with Crippen LogP contribution < -0.4 is 16.2 Å². The highest BCUT2D eigenvalue weighted by molar-refractivity contribution is 9.10. The van der Waals surface area contributed by atoms with Gasteiger partial charge in [0.15, 0.2) is 0 Å². The minimum Gasteiger partial charge on any atom is -0.356 e. The van der Waals surface area contributed by atoms with Crippen molar-refractivity contribution >= 4 is 33.7 Å². The Hall–Kier alpha value is -2.61. The molecule has 0 fully saturated rings. The zero-order chi connectivity index (χ0) is 17.7. The van der Waals surface area contributed by atoms with E-state index in [9.17, 15) is 14.4 Å². The van der Waals surface area contributed by atoms with Gasteiger partial charge in [-0.25, -0.2) is 0 Å². The Balaban J connectivity index is 1.80. The second-order valence-electron chi connectivity index (χ2n) is 5.29. The van der Waals surface area contributed by atoms with E-state index in [1.165, 1.54) is 0 Å². The number of H-pyrrole nitrogens is 1. The number of nitrogens with one attached hydrogen (secondary N) is 4. The molecule has 0 aliphatic carbocycles. The van der Waals surface area contributed by atoms with Crippen molar-refractivity contribution < 1.29 is 14.4 Å². The first-order valence-corrected chi connectivity index (χ1v) is 7.94. The molecule has 1 aromatic heterocycles. The predicted molar refractivity (Wildman–Crippen MR) is 92.4 cm³/mol. The van der Waals surface area contributed by atoms with Crippen molar-refractivity contribution in [3.05, 3.63) is 57.3 Å². The Labute approximate surface area is 147 Å². The molecule has 0 unspecified atom stereocenters. The number of aryl methyl sites for hydroxylation is 2. The lowest BCUT2D eigenvalue weighted by molar-refractivity contribution is -0.120. The molecule has 24 heavy (non-hydrogen) atoms. The first-order chi connectivity index (χ1) is 11.3. The summed E-state index contributed by atoms with van der Waals surface area (Å²) in [5.41, 5.74) is 7.20. The van der Waals surface area contributed by atoms with Gasteiger partial charge in [0.25, 0.3) is 17.7 Å². The lowest BCUT2D eigenvalue weighted by Gasteiger charge is -2.08. The highest BCUT2D eigenvalue weighted by atomic mass is 79.9. The van der Waals surface area contributed by atoms with E-state index in [0.29, 0.717) is 11.3 Å². The molecule has 0 saturated carbocycles. The van der Waals surface area contributed by atoms with Gasteiger partial charge in [-0.2, -0.15) is 0 Å². The summed E-state index contributed by atoms with van der Waals surface area (Å²) in [4.78, 5) is 38.2. The van der Waals surface area contributed by atoms with Crippen LogP contribution in [0, 0.1) is 13.8 Å². The van der Waals surface area contributed by atoms with Crippen LogP contribution in [0.1, 0.15) is 32.0 Å². The molecular formula is C16H17BrN4O3. The SMILES string of the molecule is Cc1cc(C)cc(C(=O)NCC(=O)NNC(=O)c2cc(Br)c[nH]2)c1. The van der Waals surface area contributed by atoms with Gasteiger partial charge in [-0.3, -0.25) is 25.2 Å². The van der Waals surface area contributed by atoms with Gasteiger partial charge in [0.05, 0.1) is 6.54 Å². The fourth-order valence-corrected chi connectivity index (χ4v) is 2.45. The minimum atomic E-state index is -0.535. The van der Waals surface area contributed by atoms with Gasteiger partial charge in [0, 0.05) is 16.2 Å². The second-order valence-corrected chi connectivity index (χ2v) is 6.21. The van der Waals surface area contributed by atoms with Gasteiger partial charge in [0.2, 0.25) is 0 Å². The lowest BCUT2D eigenvalue weighted by Crippen LogP contribution is -2.46. The molecule has 2 rings (SSSR count). The number of amides is 3. The molecule has 0 bridgehead atoms. The van der Waals surface area contributed by atoms with Crippen molar-refractivity contribution in [2.75, 3.05) is 6.54 Å².